The SMILES string of the molecule is CC1CC=C2C=C(c3ccc4c(c3)-c3c(-c5cc(-c6ccccc6)nc(-c6ccccc6)n5)cccc3C43c4ccccc4C(C)(C)c4ccccc43)C=CC2C1C. The van der Waals surface area contributed by atoms with E-state index < -0.39 is 5.41 Å². The lowest BCUT2D eigenvalue weighted by molar-refractivity contribution is 0.317. The van der Waals surface area contributed by atoms with Crippen molar-refractivity contribution in [2.24, 2.45) is 17.8 Å². The van der Waals surface area contributed by atoms with Gasteiger partial charge in [-0.25, -0.2) is 9.97 Å². The van der Waals surface area contributed by atoms with Crippen LogP contribution in [-0.2, 0) is 10.8 Å². The van der Waals surface area contributed by atoms with Gasteiger partial charge in [-0.1, -0.05) is 192 Å². The summed E-state index contributed by atoms with van der Waals surface area (Å²) >= 11 is 0. The van der Waals surface area contributed by atoms with Crippen LogP contribution < -0.4 is 0 Å². The molecule has 4 aliphatic carbocycles. The zero-order valence-electron chi connectivity index (χ0n) is 33.6. The Bertz CT molecular complexity index is 2770. The second-order valence-electron chi connectivity index (χ2n) is 17.4. The lowest BCUT2D eigenvalue weighted by atomic mass is 9.55. The van der Waals surface area contributed by atoms with Crippen LogP contribution in [0.1, 0.15) is 73.1 Å². The quantitative estimate of drug-likeness (QED) is 0.179. The van der Waals surface area contributed by atoms with Crippen molar-refractivity contribution in [2.75, 3.05) is 0 Å². The van der Waals surface area contributed by atoms with Gasteiger partial charge in [-0.15, -0.1) is 0 Å². The van der Waals surface area contributed by atoms with E-state index >= 15 is 0 Å². The third-order valence-corrected chi connectivity index (χ3v) is 14.0. The molecule has 11 rings (SSSR count). The Morgan fingerprint density at radius 3 is 1.86 bits per heavy atom. The Morgan fingerprint density at radius 2 is 1.16 bits per heavy atom. The fourth-order valence-electron chi connectivity index (χ4n) is 10.8. The molecule has 0 amide bonds. The summed E-state index contributed by atoms with van der Waals surface area (Å²) in [5, 5.41) is 0. The van der Waals surface area contributed by atoms with Crippen LogP contribution in [0.15, 0.2) is 182 Å². The van der Waals surface area contributed by atoms with Crippen molar-refractivity contribution < 1.29 is 0 Å². The molecule has 2 nitrogen and oxygen atoms in total. The second kappa shape index (κ2) is 13.1. The van der Waals surface area contributed by atoms with Crippen LogP contribution in [0.25, 0.3) is 50.6 Å². The van der Waals surface area contributed by atoms with Crippen molar-refractivity contribution in [1.29, 1.82) is 0 Å². The summed E-state index contributed by atoms with van der Waals surface area (Å²) in [6, 6.07) is 55.8. The van der Waals surface area contributed by atoms with Crippen LogP contribution in [-0.4, -0.2) is 9.97 Å². The molecular formula is C56H46N2. The Kier molecular flexibility index (Phi) is 7.86. The number of hydrogen-bond donors (Lipinski definition) is 0. The minimum absolute atomic E-state index is 0.169. The van der Waals surface area contributed by atoms with Crippen molar-refractivity contribution in [3.8, 4) is 45.0 Å². The molecular weight excluding hydrogens is 701 g/mol. The van der Waals surface area contributed by atoms with E-state index in [2.05, 4.69) is 198 Å². The molecule has 3 atom stereocenters. The van der Waals surface area contributed by atoms with Crippen LogP contribution >= 0.6 is 0 Å². The maximum atomic E-state index is 5.42. The zero-order valence-corrected chi connectivity index (χ0v) is 33.6. The molecule has 0 aliphatic heterocycles. The fraction of sp³-hybridized carbons (Fsp3) is 0.179. The molecule has 0 radical (unpaired) electrons. The molecule has 1 aromatic heterocycles. The summed E-state index contributed by atoms with van der Waals surface area (Å²) in [6.07, 6.45) is 10.9. The van der Waals surface area contributed by atoms with Crippen molar-refractivity contribution >= 4 is 5.57 Å². The molecule has 0 N–H and O–H groups in total. The highest BCUT2D eigenvalue weighted by Gasteiger charge is 2.53. The van der Waals surface area contributed by atoms with E-state index in [9.17, 15) is 0 Å². The normalized spacial score (nSPS) is 20.2. The molecule has 0 saturated carbocycles. The van der Waals surface area contributed by atoms with Gasteiger partial charge < -0.3 is 0 Å². The van der Waals surface area contributed by atoms with Gasteiger partial charge in [-0.3, -0.25) is 0 Å². The molecule has 0 saturated heterocycles. The van der Waals surface area contributed by atoms with E-state index in [1.165, 1.54) is 61.2 Å². The van der Waals surface area contributed by atoms with Crippen LogP contribution in [0.4, 0.5) is 0 Å². The monoisotopic (exact) mass is 746 g/mol. The number of benzene rings is 6. The average molecular weight is 747 g/mol. The number of hydrogen-bond acceptors (Lipinski definition) is 2. The Hall–Kier alpha value is -6.38. The highest BCUT2D eigenvalue weighted by atomic mass is 14.9. The molecule has 0 bridgehead atoms. The lowest BCUT2D eigenvalue weighted by Gasteiger charge is -2.46. The number of fused-ring (bicyclic) bond motifs is 10. The Balaban J connectivity index is 1.21. The van der Waals surface area contributed by atoms with Crippen LogP contribution in [0.5, 0.6) is 0 Å². The summed E-state index contributed by atoms with van der Waals surface area (Å²) < 4.78 is 0. The third-order valence-electron chi connectivity index (χ3n) is 14.0. The van der Waals surface area contributed by atoms with Crippen LogP contribution in [0, 0.1) is 17.8 Å². The number of nitrogens with zero attached hydrogens (tertiary/aromatic N) is 2. The van der Waals surface area contributed by atoms with Gasteiger partial charge in [0.1, 0.15) is 0 Å². The first-order valence-corrected chi connectivity index (χ1v) is 20.9. The second-order valence-corrected chi connectivity index (χ2v) is 17.4. The molecule has 3 unspecified atom stereocenters. The first kappa shape index (κ1) is 34.8. The Labute approximate surface area is 342 Å². The maximum Gasteiger partial charge on any atom is 0.160 e. The van der Waals surface area contributed by atoms with Crippen molar-refractivity contribution in [3.05, 3.63) is 220 Å². The van der Waals surface area contributed by atoms with Crippen molar-refractivity contribution in [3.63, 3.8) is 0 Å². The summed E-state index contributed by atoms with van der Waals surface area (Å²) in [5.41, 5.74) is 18.9. The van der Waals surface area contributed by atoms with Gasteiger partial charge in [0, 0.05) is 28.0 Å². The average Bonchev–Trinajstić information content (AvgIpc) is 3.58. The third kappa shape index (κ3) is 5.04. The fourth-order valence-corrected chi connectivity index (χ4v) is 10.8. The maximum absolute atomic E-state index is 5.42. The van der Waals surface area contributed by atoms with Gasteiger partial charge >= 0.3 is 0 Å². The van der Waals surface area contributed by atoms with Gasteiger partial charge in [0.25, 0.3) is 0 Å². The minimum Gasteiger partial charge on any atom is -0.228 e. The molecule has 6 aromatic carbocycles. The minimum atomic E-state index is -0.515. The van der Waals surface area contributed by atoms with Gasteiger partial charge in [-0.05, 0) is 91.6 Å². The van der Waals surface area contributed by atoms with Gasteiger partial charge in [0.15, 0.2) is 5.82 Å². The van der Waals surface area contributed by atoms with Crippen LogP contribution in [0.3, 0.4) is 0 Å². The summed E-state index contributed by atoms with van der Waals surface area (Å²) in [5.74, 6) is 2.53. The number of rotatable bonds is 4. The van der Waals surface area contributed by atoms with Gasteiger partial charge in [0.2, 0.25) is 0 Å². The van der Waals surface area contributed by atoms with Crippen LogP contribution in [0.2, 0.25) is 0 Å². The molecule has 2 heteroatoms. The number of aromatic nitrogens is 2. The topological polar surface area (TPSA) is 25.8 Å². The van der Waals surface area contributed by atoms with Gasteiger partial charge in [-0.2, -0.15) is 0 Å². The Morgan fingerprint density at radius 1 is 0.534 bits per heavy atom. The lowest BCUT2D eigenvalue weighted by Crippen LogP contribution is -2.40. The standard InChI is InChI=1S/C56H46N2/c1-35-26-27-41-32-39(28-30-42(41)36(35)2)40-29-31-45-44(33-40)53-43(52-34-51(37-16-7-5-8-17-37)57-54(58-52)38-18-9-6-10-19-38)20-15-25-50(53)56(45)48-23-13-11-21-46(48)55(3,4)47-22-12-14-24-49(47)56/h5-25,27-36,42H,26H2,1-4H3. The summed E-state index contributed by atoms with van der Waals surface area (Å²) in [6.45, 7) is 9.59. The number of allylic oxidation sites excluding steroid dienone is 6. The van der Waals surface area contributed by atoms with E-state index in [0.717, 1.165) is 40.3 Å². The van der Waals surface area contributed by atoms with E-state index in [4.69, 9.17) is 9.97 Å². The molecule has 58 heavy (non-hydrogen) atoms. The van der Waals surface area contributed by atoms with E-state index in [0.29, 0.717) is 17.8 Å². The van der Waals surface area contributed by atoms with Crippen molar-refractivity contribution in [2.45, 2.75) is 44.9 Å². The molecule has 280 valence electrons. The first-order chi connectivity index (χ1) is 28.3. The van der Waals surface area contributed by atoms with E-state index in [1.807, 2.05) is 6.07 Å². The van der Waals surface area contributed by atoms with E-state index in [-0.39, 0.29) is 5.41 Å². The molecule has 1 spiro atoms. The predicted molar refractivity (Wildman–Crippen MR) is 239 cm³/mol. The highest BCUT2D eigenvalue weighted by Crippen LogP contribution is 2.63. The summed E-state index contributed by atoms with van der Waals surface area (Å²) in [4.78, 5) is 10.6. The van der Waals surface area contributed by atoms with Gasteiger partial charge in [0.05, 0.1) is 16.8 Å². The van der Waals surface area contributed by atoms with Crippen molar-refractivity contribution in [1.82, 2.24) is 9.97 Å². The molecule has 4 aliphatic rings. The zero-order chi connectivity index (χ0) is 39.2. The largest absolute Gasteiger partial charge is 0.228 e. The summed E-state index contributed by atoms with van der Waals surface area (Å²) in [7, 11) is 0. The predicted octanol–water partition coefficient (Wildman–Crippen LogP) is 13.7. The highest BCUT2D eigenvalue weighted by molar-refractivity contribution is 5.98. The molecule has 1 heterocycles. The smallest absolute Gasteiger partial charge is 0.160 e. The van der Waals surface area contributed by atoms with E-state index in [1.54, 1.807) is 0 Å². The first-order valence-electron chi connectivity index (χ1n) is 20.9. The molecule has 0 fully saturated rings. The molecule has 7 aromatic rings.